The van der Waals surface area contributed by atoms with Gasteiger partial charge in [0.05, 0.1) is 22.0 Å². The molecule has 0 atom stereocenters. The quantitative estimate of drug-likeness (QED) is 0.786. The average Bonchev–Trinajstić information content (AvgIpc) is 2.62. The van der Waals surface area contributed by atoms with Crippen LogP contribution >= 0.6 is 11.6 Å². The van der Waals surface area contributed by atoms with Crippen molar-refractivity contribution in [2.75, 3.05) is 23.0 Å². The Kier molecular flexibility index (Phi) is 5.33. The van der Waals surface area contributed by atoms with Crippen molar-refractivity contribution in [1.82, 2.24) is 0 Å². The molecule has 2 aromatic rings. The molecule has 0 aliphatic carbocycles. The van der Waals surface area contributed by atoms with Gasteiger partial charge < -0.3 is 15.4 Å². The molecule has 0 spiro atoms. The van der Waals surface area contributed by atoms with Gasteiger partial charge in [0.1, 0.15) is 11.6 Å². The highest BCUT2D eigenvalue weighted by molar-refractivity contribution is 7.91. The van der Waals surface area contributed by atoms with Gasteiger partial charge in [0.15, 0.2) is 16.4 Å². The summed E-state index contributed by atoms with van der Waals surface area (Å²) in [5, 5.41) is 5.04. The minimum absolute atomic E-state index is 0.0390. The van der Waals surface area contributed by atoms with E-state index < -0.39 is 27.3 Å². The van der Waals surface area contributed by atoms with E-state index in [0.29, 0.717) is 5.69 Å². The van der Waals surface area contributed by atoms with Crippen LogP contribution in [0.5, 0.6) is 5.75 Å². The fourth-order valence-electron chi connectivity index (χ4n) is 2.40. The second-order valence-electron chi connectivity index (χ2n) is 5.74. The Morgan fingerprint density at radius 3 is 2.78 bits per heavy atom. The molecule has 0 radical (unpaired) electrons. The van der Waals surface area contributed by atoms with E-state index in [1.54, 1.807) is 0 Å². The number of carbonyl (C=O) groups excluding carboxylic acids is 2. The van der Waals surface area contributed by atoms with E-state index in [1.165, 1.54) is 30.3 Å². The number of nitrogens with one attached hydrogen (secondary N) is 2. The van der Waals surface area contributed by atoms with E-state index in [1.807, 2.05) is 0 Å². The van der Waals surface area contributed by atoms with Crippen LogP contribution in [0.1, 0.15) is 6.42 Å². The molecular formula is C17H14ClFN2O5S. The summed E-state index contributed by atoms with van der Waals surface area (Å²) in [5.41, 5.74) is 0.292. The van der Waals surface area contributed by atoms with Gasteiger partial charge in [0, 0.05) is 17.5 Å². The van der Waals surface area contributed by atoms with Crippen molar-refractivity contribution in [3.05, 3.63) is 47.2 Å². The standard InChI is InChI=1S/C17H14ClFN2O5S/c18-10-1-3-13(12(19)7-10)20-16(22)5-6-27(24,25)11-2-4-14-15(8-11)26-9-17(23)21-14/h1-4,7-8H,5-6,9H2,(H,20,22)(H,21,23). The zero-order chi connectivity index (χ0) is 19.6. The number of hydrogen-bond donors (Lipinski definition) is 2. The van der Waals surface area contributed by atoms with Crippen LogP contribution in [0.2, 0.25) is 5.02 Å². The summed E-state index contributed by atoms with van der Waals surface area (Å²) in [7, 11) is -3.78. The molecule has 0 fully saturated rings. The minimum Gasteiger partial charge on any atom is -0.482 e. The molecule has 10 heteroatoms. The number of fused-ring (bicyclic) bond motifs is 1. The number of carbonyl (C=O) groups is 2. The van der Waals surface area contributed by atoms with Crippen molar-refractivity contribution in [3.63, 3.8) is 0 Å². The average molecular weight is 413 g/mol. The first-order valence-corrected chi connectivity index (χ1v) is 9.82. The number of amides is 2. The summed E-state index contributed by atoms with van der Waals surface area (Å²) in [6.45, 7) is -0.203. The summed E-state index contributed by atoms with van der Waals surface area (Å²) in [5.74, 6) is -1.93. The predicted octanol–water partition coefficient (Wildman–Crippen LogP) is 2.61. The smallest absolute Gasteiger partial charge is 0.262 e. The van der Waals surface area contributed by atoms with Gasteiger partial charge in [-0.15, -0.1) is 0 Å². The maximum absolute atomic E-state index is 13.7. The lowest BCUT2D eigenvalue weighted by molar-refractivity contribution is -0.118. The van der Waals surface area contributed by atoms with Crippen LogP contribution in [0.4, 0.5) is 15.8 Å². The molecule has 1 aliphatic heterocycles. The maximum Gasteiger partial charge on any atom is 0.262 e. The van der Waals surface area contributed by atoms with Crippen LogP contribution < -0.4 is 15.4 Å². The Hall–Kier alpha value is -2.65. The molecule has 2 N–H and O–H groups in total. The molecular weight excluding hydrogens is 399 g/mol. The van der Waals surface area contributed by atoms with Gasteiger partial charge in [0.2, 0.25) is 5.91 Å². The summed E-state index contributed by atoms with van der Waals surface area (Å²) in [6, 6.07) is 7.77. The van der Waals surface area contributed by atoms with Gasteiger partial charge in [0.25, 0.3) is 5.91 Å². The first-order valence-electron chi connectivity index (χ1n) is 7.79. The highest BCUT2D eigenvalue weighted by Gasteiger charge is 2.22. The highest BCUT2D eigenvalue weighted by atomic mass is 35.5. The fourth-order valence-corrected chi connectivity index (χ4v) is 3.81. The van der Waals surface area contributed by atoms with E-state index >= 15 is 0 Å². The van der Waals surface area contributed by atoms with Gasteiger partial charge in [-0.2, -0.15) is 0 Å². The van der Waals surface area contributed by atoms with Crippen LogP contribution in [0.3, 0.4) is 0 Å². The van der Waals surface area contributed by atoms with Gasteiger partial charge >= 0.3 is 0 Å². The zero-order valence-corrected chi connectivity index (χ0v) is 15.4. The number of anilines is 2. The number of rotatable bonds is 5. The molecule has 142 valence electrons. The molecule has 3 rings (SSSR count). The molecule has 7 nitrogen and oxygen atoms in total. The van der Waals surface area contributed by atoms with Crippen LogP contribution in [0, 0.1) is 5.82 Å². The number of hydrogen-bond acceptors (Lipinski definition) is 5. The Labute approximate surface area is 159 Å². The van der Waals surface area contributed by atoms with Crippen LogP contribution in [0.25, 0.3) is 0 Å². The maximum atomic E-state index is 13.7. The second-order valence-corrected chi connectivity index (χ2v) is 8.28. The minimum atomic E-state index is -3.78. The van der Waals surface area contributed by atoms with Gasteiger partial charge in [-0.05, 0) is 30.3 Å². The molecule has 27 heavy (non-hydrogen) atoms. The van der Waals surface area contributed by atoms with Crippen molar-refractivity contribution in [2.45, 2.75) is 11.3 Å². The molecule has 0 bridgehead atoms. The Bertz CT molecular complexity index is 1030. The van der Waals surface area contributed by atoms with Gasteiger partial charge in [-0.25, -0.2) is 12.8 Å². The Morgan fingerprint density at radius 2 is 2.04 bits per heavy atom. The van der Waals surface area contributed by atoms with Gasteiger partial charge in [-0.3, -0.25) is 9.59 Å². The van der Waals surface area contributed by atoms with Crippen molar-refractivity contribution in [2.24, 2.45) is 0 Å². The summed E-state index contributed by atoms with van der Waals surface area (Å²) >= 11 is 5.64. The first-order chi connectivity index (χ1) is 12.7. The number of benzene rings is 2. The normalized spacial score (nSPS) is 13.3. The lowest BCUT2D eigenvalue weighted by atomic mass is 10.2. The van der Waals surface area contributed by atoms with Crippen LogP contribution in [-0.4, -0.2) is 32.6 Å². The number of halogens is 2. The molecule has 1 aliphatic rings. The summed E-state index contributed by atoms with van der Waals surface area (Å²) in [6.07, 6.45) is -0.362. The van der Waals surface area contributed by atoms with E-state index in [9.17, 15) is 22.4 Å². The number of ether oxygens (including phenoxy) is 1. The number of sulfone groups is 1. The van der Waals surface area contributed by atoms with E-state index in [0.717, 1.165) is 6.07 Å². The zero-order valence-electron chi connectivity index (χ0n) is 13.8. The SMILES string of the molecule is O=C(CCS(=O)(=O)c1ccc2c(c1)OCC(=O)N2)Nc1ccc(Cl)cc1F. The molecule has 1 heterocycles. The third-order valence-electron chi connectivity index (χ3n) is 3.75. The van der Waals surface area contributed by atoms with Crippen molar-refractivity contribution >= 4 is 44.6 Å². The summed E-state index contributed by atoms with van der Waals surface area (Å²) < 4.78 is 43.7. The lowest BCUT2D eigenvalue weighted by Crippen LogP contribution is -2.25. The third-order valence-corrected chi connectivity index (χ3v) is 5.70. The highest BCUT2D eigenvalue weighted by Crippen LogP contribution is 2.30. The van der Waals surface area contributed by atoms with Crippen molar-refractivity contribution < 1.29 is 27.1 Å². The summed E-state index contributed by atoms with van der Waals surface area (Å²) in [4.78, 5) is 23.2. The Balaban J connectivity index is 1.66. The molecule has 0 saturated heterocycles. The predicted molar refractivity (Wildman–Crippen MR) is 97.3 cm³/mol. The van der Waals surface area contributed by atoms with Crippen molar-refractivity contribution in [3.8, 4) is 5.75 Å². The molecule has 0 unspecified atom stereocenters. The van der Waals surface area contributed by atoms with Crippen LogP contribution in [-0.2, 0) is 19.4 Å². The van der Waals surface area contributed by atoms with E-state index in [-0.39, 0.29) is 40.3 Å². The lowest BCUT2D eigenvalue weighted by Gasteiger charge is -2.18. The Morgan fingerprint density at radius 1 is 1.26 bits per heavy atom. The van der Waals surface area contributed by atoms with E-state index in [2.05, 4.69) is 10.6 Å². The third kappa shape index (κ3) is 4.55. The second kappa shape index (κ2) is 7.53. The molecule has 0 aromatic heterocycles. The topological polar surface area (TPSA) is 102 Å². The van der Waals surface area contributed by atoms with Crippen molar-refractivity contribution in [1.29, 1.82) is 0 Å². The fraction of sp³-hybridized carbons (Fsp3) is 0.176. The molecule has 0 saturated carbocycles. The van der Waals surface area contributed by atoms with Crippen LogP contribution in [0.15, 0.2) is 41.3 Å². The monoisotopic (exact) mass is 412 g/mol. The first kappa shape index (κ1) is 19.1. The molecule has 2 amide bonds. The molecule has 2 aromatic carbocycles. The van der Waals surface area contributed by atoms with E-state index in [4.69, 9.17) is 16.3 Å². The van der Waals surface area contributed by atoms with Gasteiger partial charge in [-0.1, -0.05) is 11.6 Å². The largest absolute Gasteiger partial charge is 0.482 e.